The molecular weight excluding hydrogens is 233 g/mol. The van der Waals surface area contributed by atoms with Gasteiger partial charge in [-0.25, -0.2) is 14.4 Å². The van der Waals surface area contributed by atoms with Gasteiger partial charge in [-0.3, -0.25) is 4.57 Å². The molecule has 0 saturated carbocycles. The maximum atomic E-state index is 13.8. The second-order valence-electron chi connectivity index (χ2n) is 4.08. The largest absolute Gasteiger partial charge is 0.354 e. The van der Waals surface area contributed by atoms with Crippen molar-refractivity contribution < 1.29 is 4.39 Å². The van der Waals surface area contributed by atoms with Crippen molar-refractivity contribution in [3.63, 3.8) is 0 Å². The summed E-state index contributed by atoms with van der Waals surface area (Å²) >= 11 is 0. The highest BCUT2D eigenvalue weighted by Gasteiger charge is 2.12. The lowest BCUT2D eigenvalue weighted by atomic mass is 10.4. The van der Waals surface area contributed by atoms with Crippen molar-refractivity contribution in [1.29, 1.82) is 0 Å². The van der Waals surface area contributed by atoms with Gasteiger partial charge in [0.25, 0.3) is 0 Å². The molecule has 0 radical (unpaired) electrons. The highest BCUT2D eigenvalue weighted by molar-refractivity contribution is 5.35. The summed E-state index contributed by atoms with van der Waals surface area (Å²) in [6.07, 6.45) is 3.70. The van der Waals surface area contributed by atoms with Crippen molar-refractivity contribution in [3.05, 3.63) is 29.7 Å². The summed E-state index contributed by atoms with van der Waals surface area (Å²) < 4.78 is 15.4. The average Bonchev–Trinajstić information content (AvgIpc) is 2.69. The zero-order valence-electron chi connectivity index (χ0n) is 10.7. The van der Waals surface area contributed by atoms with E-state index in [2.05, 4.69) is 20.3 Å². The van der Waals surface area contributed by atoms with Crippen LogP contribution in [0.25, 0.3) is 5.82 Å². The van der Waals surface area contributed by atoms with E-state index in [1.165, 1.54) is 6.20 Å². The maximum Gasteiger partial charge on any atom is 0.224 e. The third kappa shape index (κ3) is 2.32. The number of nitrogens with one attached hydrogen (secondary N) is 1. The molecular formula is C12H16FN5. The molecule has 1 N–H and O–H groups in total. The maximum absolute atomic E-state index is 13.8. The van der Waals surface area contributed by atoms with E-state index in [0.717, 1.165) is 24.4 Å². The number of rotatable bonds is 4. The molecule has 2 aromatic heterocycles. The van der Waals surface area contributed by atoms with E-state index in [9.17, 15) is 4.39 Å². The monoisotopic (exact) mass is 249 g/mol. The predicted molar refractivity (Wildman–Crippen MR) is 67.4 cm³/mol. The van der Waals surface area contributed by atoms with Crippen molar-refractivity contribution in [3.8, 4) is 5.82 Å². The lowest BCUT2D eigenvalue weighted by Crippen LogP contribution is -2.09. The molecule has 18 heavy (non-hydrogen) atoms. The lowest BCUT2D eigenvalue weighted by molar-refractivity contribution is 0.600. The van der Waals surface area contributed by atoms with Crippen LogP contribution in [0.4, 0.5) is 10.3 Å². The number of hydrogen-bond acceptors (Lipinski definition) is 4. The van der Waals surface area contributed by atoms with Gasteiger partial charge in [0.05, 0.1) is 11.9 Å². The number of halogens is 1. The number of imidazole rings is 1. The van der Waals surface area contributed by atoms with Crippen LogP contribution in [0, 0.1) is 19.7 Å². The molecule has 0 saturated heterocycles. The first-order chi connectivity index (χ1) is 8.63. The highest BCUT2D eigenvalue weighted by atomic mass is 19.1. The van der Waals surface area contributed by atoms with Crippen molar-refractivity contribution in [1.82, 2.24) is 19.5 Å². The van der Waals surface area contributed by atoms with E-state index in [4.69, 9.17) is 0 Å². The fraction of sp³-hybridized carbons (Fsp3) is 0.417. The summed E-state index contributed by atoms with van der Waals surface area (Å²) in [6, 6.07) is 0. The Hall–Kier alpha value is -1.98. The van der Waals surface area contributed by atoms with Gasteiger partial charge in [-0.05, 0) is 20.3 Å². The molecule has 6 heteroatoms. The van der Waals surface area contributed by atoms with Crippen LogP contribution in [-0.2, 0) is 0 Å². The summed E-state index contributed by atoms with van der Waals surface area (Å²) in [5, 5.41) is 3.04. The van der Waals surface area contributed by atoms with Gasteiger partial charge in [0, 0.05) is 12.2 Å². The van der Waals surface area contributed by atoms with E-state index < -0.39 is 5.82 Å². The van der Waals surface area contributed by atoms with Crippen LogP contribution in [0.1, 0.15) is 24.7 Å². The van der Waals surface area contributed by atoms with E-state index in [1.807, 2.05) is 20.8 Å². The molecule has 0 aliphatic carbocycles. The Bertz CT molecular complexity index is 549. The standard InChI is InChI=1S/C12H16FN5/c1-4-5-14-12-15-6-10(13)11(17-12)18-7-16-8(2)9(18)3/h6-7H,4-5H2,1-3H3,(H,14,15,17). The molecule has 0 spiro atoms. The SMILES string of the molecule is CCCNc1ncc(F)c(-n2cnc(C)c2C)n1. The van der Waals surface area contributed by atoms with Crippen LogP contribution < -0.4 is 5.32 Å². The van der Waals surface area contributed by atoms with Crippen LogP contribution >= 0.6 is 0 Å². The second kappa shape index (κ2) is 5.12. The van der Waals surface area contributed by atoms with Crippen molar-refractivity contribution in [2.45, 2.75) is 27.2 Å². The van der Waals surface area contributed by atoms with Gasteiger partial charge in [0.1, 0.15) is 6.33 Å². The average molecular weight is 249 g/mol. The van der Waals surface area contributed by atoms with Crippen molar-refractivity contribution in [2.24, 2.45) is 0 Å². The van der Waals surface area contributed by atoms with Gasteiger partial charge in [-0.1, -0.05) is 6.92 Å². The fourth-order valence-electron chi connectivity index (χ4n) is 1.56. The minimum absolute atomic E-state index is 0.224. The zero-order chi connectivity index (χ0) is 13.1. The summed E-state index contributed by atoms with van der Waals surface area (Å²) in [7, 11) is 0. The van der Waals surface area contributed by atoms with E-state index >= 15 is 0 Å². The van der Waals surface area contributed by atoms with Crippen LogP contribution in [-0.4, -0.2) is 26.1 Å². The second-order valence-corrected chi connectivity index (χ2v) is 4.08. The Morgan fingerprint density at radius 2 is 2.11 bits per heavy atom. The molecule has 0 atom stereocenters. The van der Waals surface area contributed by atoms with Crippen molar-refractivity contribution >= 4 is 5.95 Å². The number of nitrogens with zero attached hydrogens (tertiary/aromatic N) is 4. The van der Waals surface area contributed by atoms with E-state index in [0.29, 0.717) is 5.95 Å². The molecule has 0 fully saturated rings. The molecule has 0 aliphatic rings. The van der Waals surface area contributed by atoms with E-state index in [1.54, 1.807) is 10.9 Å². The normalized spacial score (nSPS) is 10.7. The minimum Gasteiger partial charge on any atom is -0.354 e. The van der Waals surface area contributed by atoms with Gasteiger partial charge < -0.3 is 5.32 Å². The Morgan fingerprint density at radius 1 is 1.33 bits per heavy atom. The number of hydrogen-bond donors (Lipinski definition) is 1. The van der Waals surface area contributed by atoms with Crippen molar-refractivity contribution in [2.75, 3.05) is 11.9 Å². The summed E-state index contributed by atoms with van der Waals surface area (Å²) in [5.74, 6) is 0.193. The van der Waals surface area contributed by atoms with Crippen LogP contribution in [0.15, 0.2) is 12.5 Å². The number of aryl methyl sites for hydroxylation is 1. The highest BCUT2D eigenvalue weighted by Crippen LogP contribution is 2.15. The van der Waals surface area contributed by atoms with Gasteiger partial charge in [0.2, 0.25) is 5.95 Å². The lowest BCUT2D eigenvalue weighted by Gasteiger charge is -2.08. The topological polar surface area (TPSA) is 55.6 Å². The molecule has 0 bridgehead atoms. The quantitative estimate of drug-likeness (QED) is 0.902. The third-order valence-electron chi connectivity index (χ3n) is 2.74. The summed E-state index contributed by atoms with van der Waals surface area (Å²) in [5.41, 5.74) is 1.73. The Labute approximate surface area is 105 Å². The van der Waals surface area contributed by atoms with Gasteiger partial charge in [-0.2, -0.15) is 4.98 Å². The summed E-state index contributed by atoms with van der Waals surface area (Å²) in [4.78, 5) is 12.2. The molecule has 5 nitrogen and oxygen atoms in total. The first-order valence-electron chi connectivity index (χ1n) is 5.90. The Balaban J connectivity index is 2.40. The Kier molecular flexibility index (Phi) is 3.55. The summed E-state index contributed by atoms with van der Waals surface area (Å²) in [6.45, 7) is 6.55. The molecule has 0 amide bonds. The molecule has 0 aromatic carbocycles. The van der Waals surface area contributed by atoms with Gasteiger partial charge in [-0.15, -0.1) is 0 Å². The number of aromatic nitrogens is 4. The minimum atomic E-state index is -0.461. The Morgan fingerprint density at radius 3 is 2.72 bits per heavy atom. The van der Waals surface area contributed by atoms with Gasteiger partial charge in [0.15, 0.2) is 11.6 Å². The fourth-order valence-corrected chi connectivity index (χ4v) is 1.56. The van der Waals surface area contributed by atoms with E-state index in [-0.39, 0.29) is 5.82 Å². The molecule has 2 heterocycles. The van der Waals surface area contributed by atoms with Crippen LogP contribution in [0.3, 0.4) is 0 Å². The molecule has 96 valence electrons. The molecule has 0 unspecified atom stereocenters. The smallest absolute Gasteiger partial charge is 0.224 e. The third-order valence-corrected chi connectivity index (χ3v) is 2.74. The first kappa shape index (κ1) is 12.5. The van der Waals surface area contributed by atoms with Gasteiger partial charge >= 0.3 is 0 Å². The van der Waals surface area contributed by atoms with Crippen LogP contribution in [0.2, 0.25) is 0 Å². The molecule has 2 aromatic rings. The van der Waals surface area contributed by atoms with Crippen LogP contribution in [0.5, 0.6) is 0 Å². The molecule has 0 aliphatic heterocycles. The predicted octanol–water partition coefficient (Wildman–Crippen LogP) is 2.24. The number of anilines is 1. The first-order valence-corrected chi connectivity index (χ1v) is 5.90. The molecule has 2 rings (SSSR count). The zero-order valence-corrected chi connectivity index (χ0v) is 10.7.